The average molecular weight is 1130 g/mol. The van der Waals surface area contributed by atoms with E-state index in [1.54, 1.807) is 30.9 Å². The van der Waals surface area contributed by atoms with Crippen LogP contribution < -0.4 is 21.5 Å². The van der Waals surface area contributed by atoms with Crippen LogP contribution in [0.15, 0.2) is 72.8 Å². The molecule has 20 nitrogen and oxygen atoms in total. The predicted octanol–water partition coefficient (Wildman–Crippen LogP) is 5.45. The summed E-state index contributed by atoms with van der Waals surface area (Å²) in [7, 11) is 6.66. The van der Waals surface area contributed by atoms with E-state index in [4.69, 9.17) is 14.2 Å². The van der Waals surface area contributed by atoms with E-state index in [9.17, 15) is 43.2 Å². The van der Waals surface area contributed by atoms with Gasteiger partial charge < -0.3 is 24.4 Å². The van der Waals surface area contributed by atoms with E-state index in [1.165, 1.54) is 19.3 Å². The zero-order valence-corrected chi connectivity index (χ0v) is 49.9. The second-order valence-electron chi connectivity index (χ2n) is 22.5. The molecule has 2 heterocycles. The van der Waals surface area contributed by atoms with E-state index in [-0.39, 0.29) is 73.8 Å². The fourth-order valence-electron chi connectivity index (χ4n) is 11.3. The largest absolute Gasteiger partial charge is 0.459 e. The predicted molar refractivity (Wildman–Crippen MR) is 307 cm³/mol. The fraction of sp³-hybridized carbons (Fsp3) is 0.623. The molecule has 0 saturated carbocycles. The van der Waals surface area contributed by atoms with Crippen LogP contribution in [0.4, 0.5) is 0 Å². The number of likely N-dealkylation sites (N-methyl/N-ethyl adjacent to an activating group) is 2. The molecule has 0 bridgehead atoms. The summed E-state index contributed by atoms with van der Waals surface area (Å²) in [5.41, 5.74) is 6.52. The van der Waals surface area contributed by atoms with Gasteiger partial charge in [0.1, 0.15) is 12.6 Å². The number of carbonyl (C=O) groups is 9. The highest BCUT2D eigenvalue weighted by Crippen LogP contribution is 2.31. The van der Waals surface area contributed by atoms with Crippen LogP contribution >= 0.6 is 0 Å². The standard InChI is InChI=1S/C61H92N8O12/c1-13-41(6)56(67(10)55(40(4)5)60(77)63-59(76)54(39(2)3)66(9)34-24-31-49(71)65-64-48(70)30-21-16-22-35-69-50(72)32-33-51(69)73)47(79-11)37-52(74)68-36-23-29-46(68)57(80-12)43(8)58(75)62-53(42(7)45-27-19-15-20-28-45)61(78)81-38-44-25-17-14-18-26-44/h14-15,17-20,25-28,32-33,39-43,46-47,53-57H,13,16,21-24,29-31,34-38H2,1-12H3,(H,62,75)(H,64,70)(H,65,71)(H,63,76,77)/t41-,42-,43+,46-,47+,53-,54-,55-,56-,57+/m0/s1. The minimum absolute atomic E-state index is 0.0314. The summed E-state index contributed by atoms with van der Waals surface area (Å²) >= 11 is 0. The van der Waals surface area contributed by atoms with Crippen molar-refractivity contribution in [2.45, 2.75) is 175 Å². The van der Waals surface area contributed by atoms with Gasteiger partial charge in [0.2, 0.25) is 35.4 Å². The van der Waals surface area contributed by atoms with E-state index in [2.05, 4.69) is 21.5 Å². The van der Waals surface area contributed by atoms with Crippen molar-refractivity contribution in [2.75, 3.05) is 47.9 Å². The molecule has 4 N–H and O–H groups in total. The maximum Gasteiger partial charge on any atom is 0.329 e. The zero-order chi connectivity index (χ0) is 59.9. The first-order valence-corrected chi connectivity index (χ1v) is 28.8. The molecule has 1 fully saturated rings. The van der Waals surface area contributed by atoms with Gasteiger partial charge in [-0.2, -0.15) is 0 Å². The van der Waals surface area contributed by atoms with Crippen molar-refractivity contribution < 1.29 is 57.4 Å². The lowest BCUT2D eigenvalue weighted by molar-refractivity contribution is -0.151. The lowest BCUT2D eigenvalue weighted by Crippen LogP contribution is -2.60. The lowest BCUT2D eigenvalue weighted by Gasteiger charge is -2.43. The summed E-state index contributed by atoms with van der Waals surface area (Å²) in [6.45, 7) is 16.4. The average Bonchev–Trinajstić information content (AvgIpc) is 4.11. The normalized spacial score (nSPS) is 17.8. The summed E-state index contributed by atoms with van der Waals surface area (Å²) in [5.74, 6) is -5.38. The Morgan fingerprint density at radius 3 is 1.86 bits per heavy atom. The van der Waals surface area contributed by atoms with Crippen molar-refractivity contribution in [1.29, 1.82) is 0 Å². The van der Waals surface area contributed by atoms with Crippen LogP contribution in [0.3, 0.4) is 0 Å². The maximum absolute atomic E-state index is 14.7. The Balaban J connectivity index is 1.36. The highest BCUT2D eigenvalue weighted by Gasteiger charge is 2.44. The Labute approximate surface area is 480 Å². The summed E-state index contributed by atoms with van der Waals surface area (Å²) in [4.78, 5) is 126. The molecule has 20 heteroatoms. The van der Waals surface area contributed by atoms with Gasteiger partial charge in [0.05, 0.1) is 42.7 Å². The number of benzene rings is 2. The molecule has 10 atom stereocenters. The number of hydrazine groups is 1. The Morgan fingerprint density at radius 2 is 1.30 bits per heavy atom. The van der Waals surface area contributed by atoms with Gasteiger partial charge in [-0.3, -0.25) is 69.2 Å². The molecule has 8 amide bonds. The number of esters is 1. The monoisotopic (exact) mass is 1130 g/mol. The summed E-state index contributed by atoms with van der Waals surface area (Å²) in [5, 5.41) is 5.71. The quantitative estimate of drug-likeness (QED) is 0.0301. The lowest BCUT2D eigenvalue weighted by atomic mass is 9.87. The van der Waals surface area contributed by atoms with Gasteiger partial charge in [-0.25, -0.2) is 4.79 Å². The van der Waals surface area contributed by atoms with Crippen molar-refractivity contribution in [3.05, 3.63) is 83.9 Å². The number of nitrogens with zero attached hydrogens (tertiary/aromatic N) is 4. The van der Waals surface area contributed by atoms with Crippen LogP contribution in [-0.2, 0) is 64.0 Å². The Hall–Kier alpha value is -6.35. The number of methoxy groups -OCH3 is 2. The van der Waals surface area contributed by atoms with Crippen LogP contribution in [0.25, 0.3) is 0 Å². The molecule has 0 radical (unpaired) electrons. The number of likely N-dealkylation sites (tertiary alicyclic amines) is 1. The number of ether oxygens (including phenoxy) is 3. The minimum atomic E-state index is -1.01. The van der Waals surface area contributed by atoms with Crippen LogP contribution in [-0.4, -0.2) is 163 Å². The molecule has 0 unspecified atom stereocenters. The molecule has 2 aromatic rings. The molecule has 2 aromatic carbocycles. The molecule has 0 spiro atoms. The Morgan fingerprint density at radius 1 is 0.716 bits per heavy atom. The third kappa shape index (κ3) is 19.7. The van der Waals surface area contributed by atoms with Crippen LogP contribution in [0, 0.1) is 23.7 Å². The van der Waals surface area contributed by atoms with Crippen LogP contribution in [0.2, 0.25) is 0 Å². The number of amides is 8. The van der Waals surface area contributed by atoms with Crippen molar-refractivity contribution in [3.8, 4) is 0 Å². The molecule has 2 aliphatic heterocycles. The molecular weight excluding hydrogens is 1040 g/mol. The molecule has 0 aromatic heterocycles. The number of hydrogen-bond donors (Lipinski definition) is 4. The molecule has 4 rings (SSSR count). The Bertz CT molecular complexity index is 2410. The highest BCUT2D eigenvalue weighted by molar-refractivity contribution is 6.12. The van der Waals surface area contributed by atoms with E-state index in [0.29, 0.717) is 58.0 Å². The van der Waals surface area contributed by atoms with Crippen LogP contribution in [0.1, 0.15) is 137 Å². The molecule has 448 valence electrons. The Kier molecular flexibility index (Phi) is 27.8. The number of imide groups is 2. The van der Waals surface area contributed by atoms with Crippen molar-refractivity contribution in [3.63, 3.8) is 0 Å². The number of nitrogens with one attached hydrogen (secondary N) is 4. The first-order chi connectivity index (χ1) is 38.6. The summed E-state index contributed by atoms with van der Waals surface area (Å²) in [6, 6.07) is 15.3. The second-order valence-corrected chi connectivity index (χ2v) is 22.5. The van der Waals surface area contributed by atoms with Crippen LogP contribution in [0.5, 0.6) is 0 Å². The number of carbonyl (C=O) groups excluding carboxylic acids is 9. The summed E-state index contributed by atoms with van der Waals surface area (Å²) in [6.07, 6.45) is 5.26. The van der Waals surface area contributed by atoms with E-state index in [0.717, 1.165) is 16.0 Å². The van der Waals surface area contributed by atoms with E-state index >= 15 is 0 Å². The van der Waals surface area contributed by atoms with Crippen molar-refractivity contribution in [1.82, 2.24) is 41.1 Å². The van der Waals surface area contributed by atoms with Gasteiger partial charge in [-0.05, 0) is 81.6 Å². The van der Waals surface area contributed by atoms with Gasteiger partial charge in [-0.1, -0.05) is 129 Å². The van der Waals surface area contributed by atoms with Crippen molar-refractivity contribution in [2.24, 2.45) is 23.7 Å². The number of rotatable bonds is 33. The number of unbranched alkanes of at least 4 members (excludes halogenated alkanes) is 2. The zero-order valence-electron chi connectivity index (χ0n) is 49.9. The molecule has 2 aliphatic rings. The molecular formula is C61H92N8O12. The molecule has 0 aliphatic carbocycles. The summed E-state index contributed by atoms with van der Waals surface area (Å²) < 4.78 is 18.0. The topological polar surface area (TPSA) is 242 Å². The number of hydrogen-bond acceptors (Lipinski definition) is 14. The highest BCUT2D eigenvalue weighted by atomic mass is 16.5. The smallest absolute Gasteiger partial charge is 0.329 e. The molecule has 81 heavy (non-hydrogen) atoms. The fourth-order valence-corrected chi connectivity index (χ4v) is 11.3. The van der Waals surface area contributed by atoms with Gasteiger partial charge in [0, 0.05) is 64.3 Å². The second kappa shape index (κ2) is 33.5. The van der Waals surface area contributed by atoms with Gasteiger partial charge >= 0.3 is 5.97 Å². The van der Waals surface area contributed by atoms with Crippen molar-refractivity contribution >= 4 is 53.2 Å². The van der Waals surface area contributed by atoms with Gasteiger partial charge in [0.25, 0.3) is 11.8 Å². The minimum Gasteiger partial charge on any atom is -0.459 e. The van der Waals surface area contributed by atoms with Gasteiger partial charge in [-0.15, -0.1) is 0 Å². The van der Waals surface area contributed by atoms with Gasteiger partial charge in [0.15, 0.2) is 0 Å². The SMILES string of the molecule is CC[C@H](C)[C@@H]([C@@H](CC(=O)N1CCC[C@H]1[C@H](OC)[C@@H](C)C(=O)N[C@H](C(=O)OCc1ccccc1)[C@@H](C)c1ccccc1)OC)N(C)[C@H](C(=O)NC(=O)[C@H](C(C)C)N(C)CCCC(=O)NNC(=O)CCCCCN1C(=O)C=CC1=O)C(C)C. The van der Waals surface area contributed by atoms with E-state index < -0.39 is 83.9 Å². The third-order valence-electron chi connectivity index (χ3n) is 15.9. The van der Waals surface area contributed by atoms with E-state index in [1.807, 2.05) is 121 Å². The maximum atomic E-state index is 14.7. The molecule has 1 saturated heterocycles. The first kappa shape index (κ1) is 67.2. The third-order valence-corrected chi connectivity index (χ3v) is 15.9. The first-order valence-electron chi connectivity index (χ1n) is 28.8.